The van der Waals surface area contributed by atoms with Crippen LogP contribution in [0.5, 0.6) is 0 Å². The lowest BCUT2D eigenvalue weighted by atomic mass is 10.2. The minimum atomic E-state index is -0.461. The number of amides is 1. The molecule has 2 rings (SSSR count). The molecular formula is C20H21NO5S. The molecule has 1 atom stereocenters. The van der Waals surface area contributed by atoms with Crippen LogP contribution in [0.1, 0.15) is 24.2 Å². The average molecular weight is 387 g/mol. The van der Waals surface area contributed by atoms with Crippen LogP contribution in [0.3, 0.4) is 0 Å². The van der Waals surface area contributed by atoms with Gasteiger partial charge in [0, 0.05) is 10.6 Å². The third kappa shape index (κ3) is 6.79. The first-order valence-corrected chi connectivity index (χ1v) is 9.33. The molecule has 7 heteroatoms. The minimum Gasteiger partial charge on any atom is -0.462 e. The minimum absolute atomic E-state index is 0.295. The van der Waals surface area contributed by atoms with E-state index in [4.69, 9.17) is 9.47 Å². The van der Waals surface area contributed by atoms with Gasteiger partial charge in [-0.1, -0.05) is 18.2 Å². The molecule has 1 amide bonds. The van der Waals surface area contributed by atoms with Gasteiger partial charge in [0.1, 0.15) is 5.25 Å². The van der Waals surface area contributed by atoms with Gasteiger partial charge in [-0.3, -0.25) is 9.59 Å². The van der Waals surface area contributed by atoms with Crippen molar-refractivity contribution in [1.29, 1.82) is 0 Å². The summed E-state index contributed by atoms with van der Waals surface area (Å²) in [5.74, 6) is -1.34. The number of ether oxygens (including phenoxy) is 2. The number of rotatable bonds is 8. The number of benzene rings is 2. The zero-order valence-corrected chi connectivity index (χ0v) is 16.0. The molecule has 2 aromatic rings. The first kappa shape index (κ1) is 20.5. The van der Waals surface area contributed by atoms with Crippen molar-refractivity contribution in [3.63, 3.8) is 0 Å². The highest BCUT2D eigenvalue weighted by Crippen LogP contribution is 2.23. The number of carbonyl (C=O) groups excluding carboxylic acids is 3. The lowest BCUT2D eigenvalue weighted by molar-refractivity contribution is -0.146. The van der Waals surface area contributed by atoms with Gasteiger partial charge in [0.25, 0.3) is 5.91 Å². The average Bonchev–Trinajstić information content (AvgIpc) is 2.67. The first-order valence-electron chi connectivity index (χ1n) is 8.45. The van der Waals surface area contributed by atoms with Gasteiger partial charge in [-0.2, -0.15) is 0 Å². The highest BCUT2D eigenvalue weighted by atomic mass is 32.2. The summed E-state index contributed by atoms with van der Waals surface area (Å²) in [7, 11) is 0. The molecule has 0 aliphatic rings. The topological polar surface area (TPSA) is 81.7 Å². The van der Waals surface area contributed by atoms with E-state index in [2.05, 4.69) is 5.32 Å². The maximum atomic E-state index is 12.0. The third-order valence-corrected chi connectivity index (χ3v) is 4.50. The van der Waals surface area contributed by atoms with Crippen LogP contribution in [-0.2, 0) is 19.1 Å². The van der Waals surface area contributed by atoms with E-state index >= 15 is 0 Å². The Morgan fingerprint density at radius 3 is 2.30 bits per heavy atom. The second-order valence-corrected chi connectivity index (χ2v) is 6.94. The molecule has 1 N–H and O–H groups in total. The molecule has 0 aromatic heterocycles. The van der Waals surface area contributed by atoms with Gasteiger partial charge >= 0.3 is 11.9 Å². The van der Waals surface area contributed by atoms with Crippen molar-refractivity contribution in [2.24, 2.45) is 0 Å². The normalized spacial score (nSPS) is 11.3. The zero-order valence-electron chi connectivity index (χ0n) is 15.1. The SMILES string of the molecule is CCOC(=O)c1ccc(NC(=O)COC(=O)[C@H](C)Sc2ccccc2)cc1. The van der Waals surface area contributed by atoms with Gasteiger partial charge in [0.2, 0.25) is 0 Å². The standard InChI is InChI=1S/C20H21NO5S/c1-3-25-20(24)15-9-11-16(12-10-15)21-18(22)13-26-19(23)14(2)27-17-7-5-4-6-8-17/h4-12,14H,3,13H2,1-2H3,(H,21,22)/t14-/m0/s1. The molecule has 0 aliphatic heterocycles. The summed E-state index contributed by atoms with van der Waals surface area (Å²) in [5.41, 5.74) is 0.892. The second-order valence-electron chi connectivity index (χ2n) is 5.53. The number of hydrogen-bond acceptors (Lipinski definition) is 6. The smallest absolute Gasteiger partial charge is 0.338 e. The van der Waals surface area contributed by atoms with Gasteiger partial charge in [-0.25, -0.2) is 4.79 Å². The summed E-state index contributed by atoms with van der Waals surface area (Å²) in [4.78, 5) is 36.5. The highest BCUT2D eigenvalue weighted by Gasteiger charge is 2.17. The fourth-order valence-corrected chi connectivity index (χ4v) is 2.99. The van der Waals surface area contributed by atoms with Crippen LogP contribution in [-0.4, -0.2) is 36.3 Å². The van der Waals surface area contributed by atoms with Gasteiger partial charge in [0.15, 0.2) is 6.61 Å². The molecule has 6 nitrogen and oxygen atoms in total. The van der Waals surface area contributed by atoms with E-state index in [9.17, 15) is 14.4 Å². The molecule has 0 heterocycles. The van der Waals surface area contributed by atoms with Crippen molar-refractivity contribution in [1.82, 2.24) is 0 Å². The van der Waals surface area contributed by atoms with Crippen LogP contribution in [0.2, 0.25) is 0 Å². The Bertz CT molecular complexity index is 777. The number of anilines is 1. The van der Waals surface area contributed by atoms with Crippen molar-refractivity contribution >= 4 is 35.3 Å². The number of nitrogens with one attached hydrogen (secondary N) is 1. The highest BCUT2D eigenvalue weighted by molar-refractivity contribution is 8.00. The van der Waals surface area contributed by atoms with Crippen LogP contribution < -0.4 is 5.32 Å². The van der Waals surface area contributed by atoms with E-state index in [-0.39, 0.29) is 6.61 Å². The number of thioether (sulfide) groups is 1. The summed E-state index contributed by atoms with van der Waals surface area (Å²) in [6, 6.07) is 15.8. The number of esters is 2. The van der Waals surface area contributed by atoms with Crippen molar-refractivity contribution in [3.05, 3.63) is 60.2 Å². The fraction of sp³-hybridized carbons (Fsp3) is 0.250. The van der Waals surface area contributed by atoms with E-state index < -0.39 is 23.1 Å². The zero-order chi connectivity index (χ0) is 19.6. The van der Waals surface area contributed by atoms with Crippen LogP contribution in [0, 0.1) is 0 Å². The fourth-order valence-electron chi connectivity index (χ4n) is 2.11. The molecular weight excluding hydrogens is 366 g/mol. The van der Waals surface area contributed by atoms with E-state index in [0.717, 1.165) is 4.90 Å². The Labute approximate surface area is 162 Å². The third-order valence-electron chi connectivity index (χ3n) is 3.41. The van der Waals surface area contributed by atoms with Crippen molar-refractivity contribution in [2.45, 2.75) is 24.0 Å². The molecule has 27 heavy (non-hydrogen) atoms. The summed E-state index contributed by atoms with van der Waals surface area (Å²) >= 11 is 1.37. The molecule has 0 bridgehead atoms. The number of hydrogen-bond donors (Lipinski definition) is 1. The van der Waals surface area contributed by atoms with Crippen molar-refractivity contribution in [3.8, 4) is 0 Å². The molecule has 0 radical (unpaired) electrons. The molecule has 0 unspecified atom stereocenters. The Morgan fingerprint density at radius 2 is 1.67 bits per heavy atom. The van der Waals surface area contributed by atoms with E-state index in [1.807, 2.05) is 30.3 Å². The maximum absolute atomic E-state index is 12.0. The lowest BCUT2D eigenvalue weighted by Crippen LogP contribution is -2.24. The maximum Gasteiger partial charge on any atom is 0.338 e. The monoisotopic (exact) mass is 387 g/mol. The van der Waals surface area contributed by atoms with Gasteiger partial charge in [0.05, 0.1) is 12.2 Å². The molecule has 142 valence electrons. The Kier molecular flexibility index (Phi) is 7.88. The number of carbonyl (C=O) groups is 3. The molecule has 0 aliphatic carbocycles. The molecule has 0 saturated heterocycles. The second kappa shape index (κ2) is 10.4. The Morgan fingerprint density at radius 1 is 1.00 bits per heavy atom. The van der Waals surface area contributed by atoms with Crippen LogP contribution in [0.25, 0.3) is 0 Å². The van der Waals surface area contributed by atoms with E-state index in [1.165, 1.54) is 11.8 Å². The summed E-state index contributed by atoms with van der Waals surface area (Å²) in [5, 5.41) is 2.18. The van der Waals surface area contributed by atoms with Gasteiger partial charge < -0.3 is 14.8 Å². The van der Waals surface area contributed by atoms with Crippen molar-refractivity contribution in [2.75, 3.05) is 18.5 Å². The Balaban J connectivity index is 1.78. The van der Waals surface area contributed by atoms with E-state index in [1.54, 1.807) is 38.1 Å². The Hall–Kier alpha value is -2.80. The van der Waals surface area contributed by atoms with Crippen LogP contribution >= 0.6 is 11.8 Å². The van der Waals surface area contributed by atoms with Crippen molar-refractivity contribution < 1.29 is 23.9 Å². The predicted molar refractivity (Wildman–Crippen MR) is 104 cm³/mol. The summed E-state index contributed by atoms with van der Waals surface area (Å²) in [6.45, 7) is 3.38. The van der Waals surface area contributed by atoms with Gasteiger partial charge in [-0.05, 0) is 50.2 Å². The first-order chi connectivity index (χ1) is 13.0. The summed E-state index contributed by atoms with van der Waals surface area (Å²) in [6.07, 6.45) is 0. The van der Waals surface area contributed by atoms with E-state index in [0.29, 0.717) is 17.9 Å². The largest absolute Gasteiger partial charge is 0.462 e. The quantitative estimate of drug-likeness (QED) is 0.551. The molecule has 2 aromatic carbocycles. The predicted octanol–water partition coefficient (Wildman–Crippen LogP) is 3.53. The molecule has 0 saturated carbocycles. The van der Waals surface area contributed by atoms with Crippen LogP contribution in [0.4, 0.5) is 5.69 Å². The molecule has 0 fully saturated rings. The van der Waals surface area contributed by atoms with Gasteiger partial charge in [-0.15, -0.1) is 11.8 Å². The van der Waals surface area contributed by atoms with Crippen LogP contribution in [0.15, 0.2) is 59.5 Å². The lowest BCUT2D eigenvalue weighted by Gasteiger charge is -2.11. The molecule has 0 spiro atoms. The summed E-state index contributed by atoms with van der Waals surface area (Å²) < 4.78 is 9.95.